The van der Waals surface area contributed by atoms with Crippen LogP contribution in [0.3, 0.4) is 0 Å². The summed E-state index contributed by atoms with van der Waals surface area (Å²) in [6.45, 7) is 5.52. The lowest BCUT2D eigenvalue weighted by Crippen LogP contribution is -2.82. The first kappa shape index (κ1) is 25.0. The summed E-state index contributed by atoms with van der Waals surface area (Å²) in [6, 6.07) is 0. The van der Waals surface area contributed by atoms with Crippen molar-refractivity contribution in [2.75, 3.05) is 13.7 Å². The molecule has 192 valence electrons. The molecule has 4 aliphatic carbocycles. The van der Waals surface area contributed by atoms with Gasteiger partial charge in [0.2, 0.25) is 0 Å². The summed E-state index contributed by atoms with van der Waals surface area (Å²) in [5.41, 5.74) is 13.1. The van der Waals surface area contributed by atoms with Gasteiger partial charge in [0.15, 0.2) is 0 Å². The fourth-order valence-electron chi connectivity index (χ4n) is 9.39. The van der Waals surface area contributed by atoms with Crippen LogP contribution in [-0.4, -0.2) is 56.5 Å². The SMILES string of the molecule is COC[C@@]1(O)CC[C@@]2(C)[C@@H](CCC3(N)[C@@H]4CC[C@H](C(O)Cn5cc(Cl)cn5)C4(C)CC[C@@]32N)C1. The van der Waals surface area contributed by atoms with E-state index in [9.17, 15) is 10.2 Å². The van der Waals surface area contributed by atoms with E-state index in [1.807, 2.05) is 0 Å². The van der Waals surface area contributed by atoms with Gasteiger partial charge >= 0.3 is 0 Å². The maximum atomic E-state index is 11.3. The van der Waals surface area contributed by atoms with Crippen LogP contribution >= 0.6 is 11.6 Å². The number of fused-ring (bicyclic) bond motifs is 5. The van der Waals surface area contributed by atoms with Crippen molar-refractivity contribution in [1.29, 1.82) is 0 Å². The number of nitrogens with zero attached hydrogens (tertiary/aromatic N) is 2. The molecule has 4 fully saturated rings. The molecular weight excluding hydrogens is 452 g/mol. The van der Waals surface area contributed by atoms with Gasteiger partial charge < -0.3 is 26.4 Å². The Bertz CT molecular complexity index is 930. The molecule has 1 aromatic heterocycles. The average Bonchev–Trinajstić information content (AvgIpc) is 3.34. The molecule has 4 aliphatic rings. The highest BCUT2D eigenvalue weighted by molar-refractivity contribution is 6.30. The number of nitrogens with two attached hydrogens (primary N) is 2. The Hall–Kier alpha value is -0.700. The Morgan fingerprint density at radius 3 is 2.62 bits per heavy atom. The zero-order chi connectivity index (χ0) is 24.6. The lowest BCUT2D eigenvalue weighted by atomic mass is 9.38. The largest absolute Gasteiger partial charge is 0.391 e. The third kappa shape index (κ3) is 3.37. The maximum absolute atomic E-state index is 11.3. The van der Waals surface area contributed by atoms with Gasteiger partial charge in [-0.05, 0) is 86.4 Å². The molecule has 0 radical (unpaired) electrons. The van der Waals surface area contributed by atoms with Gasteiger partial charge in [-0.2, -0.15) is 5.10 Å². The van der Waals surface area contributed by atoms with Crippen molar-refractivity contribution in [2.45, 2.75) is 101 Å². The number of aliphatic hydroxyl groups is 2. The predicted octanol–water partition coefficient (Wildman–Crippen LogP) is 3.10. The highest BCUT2D eigenvalue weighted by Crippen LogP contribution is 2.69. The van der Waals surface area contributed by atoms with Crippen LogP contribution in [0.25, 0.3) is 0 Å². The molecular formula is C26H43ClN4O3. The van der Waals surface area contributed by atoms with E-state index in [0.717, 1.165) is 51.4 Å². The van der Waals surface area contributed by atoms with Crippen molar-refractivity contribution in [1.82, 2.24) is 9.78 Å². The quantitative estimate of drug-likeness (QED) is 0.499. The molecule has 0 spiro atoms. The molecule has 1 heterocycles. The topological polar surface area (TPSA) is 120 Å². The zero-order valence-corrected chi connectivity index (χ0v) is 21.7. The number of hydrogen-bond donors (Lipinski definition) is 4. The molecule has 0 bridgehead atoms. The number of hydrogen-bond acceptors (Lipinski definition) is 6. The number of ether oxygens (including phenoxy) is 1. The van der Waals surface area contributed by atoms with E-state index in [0.29, 0.717) is 30.5 Å². The van der Waals surface area contributed by atoms with Gasteiger partial charge in [-0.1, -0.05) is 25.4 Å². The third-order valence-electron chi connectivity index (χ3n) is 11.3. The smallest absolute Gasteiger partial charge is 0.0883 e. The van der Waals surface area contributed by atoms with E-state index in [2.05, 4.69) is 18.9 Å². The van der Waals surface area contributed by atoms with Gasteiger partial charge in [0, 0.05) is 24.4 Å². The second-order valence-electron chi connectivity index (χ2n) is 12.7. The first-order valence-electron chi connectivity index (χ1n) is 13.1. The van der Waals surface area contributed by atoms with Gasteiger partial charge in [-0.3, -0.25) is 4.68 Å². The molecule has 1 aromatic rings. The standard InChI is InChI=1S/C26H43ClN4O3/c1-22-8-11-26(29)23(2)9-10-24(33,16-34-3)12-17(23)6-7-25(26,28)21(22)5-4-19(22)20(32)15-31-14-18(27)13-30-31/h13-14,17,19-21,32-33H,4-12,15-16,28-29H2,1-3H3/t17-,19+,20?,21+,22?,23-,24+,25?,26-/m0/s1. The van der Waals surface area contributed by atoms with Crippen LogP contribution in [0.2, 0.25) is 5.02 Å². The summed E-state index contributed by atoms with van der Waals surface area (Å²) in [7, 11) is 1.66. The van der Waals surface area contributed by atoms with Crippen LogP contribution in [0.5, 0.6) is 0 Å². The second-order valence-corrected chi connectivity index (χ2v) is 13.2. The molecule has 5 rings (SSSR count). The van der Waals surface area contributed by atoms with Crippen LogP contribution in [0.15, 0.2) is 12.4 Å². The van der Waals surface area contributed by atoms with E-state index in [4.69, 9.17) is 27.8 Å². The molecule has 34 heavy (non-hydrogen) atoms. The van der Waals surface area contributed by atoms with Crippen LogP contribution in [0, 0.1) is 28.6 Å². The van der Waals surface area contributed by atoms with Crippen molar-refractivity contribution in [3.8, 4) is 0 Å². The first-order valence-corrected chi connectivity index (χ1v) is 13.4. The van der Waals surface area contributed by atoms with E-state index < -0.39 is 22.8 Å². The lowest BCUT2D eigenvalue weighted by molar-refractivity contribution is -0.184. The number of rotatable bonds is 5. The second kappa shape index (κ2) is 8.15. The molecule has 4 saturated carbocycles. The summed E-state index contributed by atoms with van der Waals surface area (Å²) >= 11 is 6.04. The van der Waals surface area contributed by atoms with Crippen LogP contribution in [-0.2, 0) is 11.3 Å². The highest BCUT2D eigenvalue weighted by atomic mass is 35.5. The number of halogens is 1. The van der Waals surface area contributed by atoms with Crippen molar-refractivity contribution < 1.29 is 14.9 Å². The van der Waals surface area contributed by atoms with Gasteiger partial charge in [-0.15, -0.1) is 0 Å². The van der Waals surface area contributed by atoms with E-state index >= 15 is 0 Å². The van der Waals surface area contributed by atoms with Crippen LogP contribution in [0.1, 0.15) is 71.6 Å². The van der Waals surface area contributed by atoms with Crippen molar-refractivity contribution in [3.05, 3.63) is 17.4 Å². The number of aliphatic hydroxyl groups excluding tert-OH is 1. The van der Waals surface area contributed by atoms with E-state index in [-0.39, 0.29) is 22.7 Å². The zero-order valence-electron chi connectivity index (χ0n) is 21.0. The first-order chi connectivity index (χ1) is 15.9. The number of aromatic nitrogens is 2. The number of methoxy groups -OCH3 is 1. The molecule has 0 saturated heterocycles. The Balaban J connectivity index is 1.40. The molecule has 8 heteroatoms. The summed E-state index contributed by atoms with van der Waals surface area (Å²) in [4.78, 5) is 0. The van der Waals surface area contributed by atoms with Crippen LogP contribution < -0.4 is 11.5 Å². The lowest BCUT2D eigenvalue weighted by Gasteiger charge is -2.71. The van der Waals surface area contributed by atoms with Crippen molar-refractivity contribution >= 4 is 11.6 Å². The molecule has 9 atom stereocenters. The Labute approximate surface area is 208 Å². The normalized spacial score (nSPS) is 49.2. The fourth-order valence-corrected chi connectivity index (χ4v) is 9.54. The van der Waals surface area contributed by atoms with E-state index in [1.165, 1.54) is 0 Å². The summed E-state index contributed by atoms with van der Waals surface area (Å²) < 4.78 is 7.10. The molecule has 7 nitrogen and oxygen atoms in total. The van der Waals surface area contributed by atoms with Gasteiger partial charge in [0.1, 0.15) is 0 Å². The van der Waals surface area contributed by atoms with E-state index in [1.54, 1.807) is 24.2 Å². The molecule has 0 aliphatic heterocycles. The third-order valence-corrected chi connectivity index (χ3v) is 11.5. The van der Waals surface area contributed by atoms with Gasteiger partial charge in [0.05, 0.1) is 36.1 Å². The molecule has 6 N–H and O–H groups in total. The summed E-state index contributed by atoms with van der Waals surface area (Å²) in [6.07, 6.45) is 10.9. The Morgan fingerprint density at radius 1 is 1.18 bits per heavy atom. The van der Waals surface area contributed by atoms with Crippen LogP contribution in [0.4, 0.5) is 0 Å². The predicted molar refractivity (Wildman–Crippen MR) is 132 cm³/mol. The van der Waals surface area contributed by atoms with Gasteiger partial charge in [-0.25, -0.2) is 0 Å². The Kier molecular flexibility index (Phi) is 5.99. The minimum Gasteiger partial charge on any atom is -0.391 e. The molecule has 0 amide bonds. The minimum atomic E-state index is -0.759. The Morgan fingerprint density at radius 2 is 1.94 bits per heavy atom. The summed E-state index contributed by atoms with van der Waals surface area (Å²) in [5.74, 6) is 0.783. The average molecular weight is 495 g/mol. The monoisotopic (exact) mass is 494 g/mol. The summed E-state index contributed by atoms with van der Waals surface area (Å²) in [5, 5.41) is 27.3. The minimum absolute atomic E-state index is 0.0529. The van der Waals surface area contributed by atoms with Crippen molar-refractivity contribution in [2.24, 2.45) is 40.1 Å². The molecule has 0 aromatic carbocycles. The van der Waals surface area contributed by atoms with Crippen molar-refractivity contribution in [3.63, 3.8) is 0 Å². The highest BCUT2D eigenvalue weighted by Gasteiger charge is 2.72. The fraction of sp³-hybridized carbons (Fsp3) is 0.885. The maximum Gasteiger partial charge on any atom is 0.0883 e. The molecule has 3 unspecified atom stereocenters. The van der Waals surface area contributed by atoms with Gasteiger partial charge in [0.25, 0.3) is 0 Å².